The lowest BCUT2D eigenvalue weighted by Crippen LogP contribution is -2.20. The summed E-state index contributed by atoms with van der Waals surface area (Å²) in [5, 5.41) is 10.4. The first-order valence-corrected chi connectivity index (χ1v) is 8.51. The van der Waals surface area contributed by atoms with Gasteiger partial charge >= 0.3 is 0 Å². The normalized spacial score (nSPS) is 17.6. The Labute approximate surface area is 146 Å². The van der Waals surface area contributed by atoms with Crippen LogP contribution in [0.15, 0.2) is 30.5 Å². The maximum atomic E-state index is 10.4. The molecule has 126 valence electrons. The number of anilines is 2. The minimum atomic E-state index is -0.830. The fourth-order valence-corrected chi connectivity index (χ4v) is 3.52. The molecule has 0 spiro atoms. The Morgan fingerprint density at radius 3 is 2.76 bits per heavy atom. The van der Waals surface area contributed by atoms with E-state index in [1.54, 1.807) is 0 Å². The van der Waals surface area contributed by atoms with Crippen molar-refractivity contribution in [2.75, 3.05) is 11.5 Å². The van der Waals surface area contributed by atoms with Gasteiger partial charge in [0.25, 0.3) is 0 Å². The predicted molar refractivity (Wildman–Crippen MR) is 98.4 cm³/mol. The molecule has 1 heterocycles. The molecule has 1 saturated carbocycles. The summed E-state index contributed by atoms with van der Waals surface area (Å²) in [5.74, 6) is 6.40. The van der Waals surface area contributed by atoms with Crippen molar-refractivity contribution < 1.29 is 5.11 Å². The summed E-state index contributed by atoms with van der Waals surface area (Å²) in [6, 6.07) is 6.11. The van der Waals surface area contributed by atoms with Crippen LogP contribution in [0.4, 0.5) is 11.6 Å². The van der Waals surface area contributed by atoms with Crippen LogP contribution in [0.3, 0.4) is 0 Å². The van der Waals surface area contributed by atoms with Gasteiger partial charge in [-0.25, -0.2) is 9.97 Å². The molecule has 0 bridgehead atoms. The molecule has 0 amide bonds. The van der Waals surface area contributed by atoms with Crippen LogP contribution in [0.1, 0.15) is 48.1 Å². The zero-order chi connectivity index (χ0) is 17.4. The highest BCUT2D eigenvalue weighted by molar-refractivity contribution is 5.88. The SMILES string of the molecule is Nc1ncc(N)c(C2=CCc3ccc(C#CC4(O)CCCC4)cc32)n1. The van der Waals surface area contributed by atoms with Crippen LogP contribution in [0.2, 0.25) is 0 Å². The molecular weight excluding hydrogens is 312 g/mol. The van der Waals surface area contributed by atoms with E-state index in [0.29, 0.717) is 11.4 Å². The molecule has 1 fully saturated rings. The van der Waals surface area contributed by atoms with E-state index in [0.717, 1.165) is 48.8 Å². The van der Waals surface area contributed by atoms with Crippen molar-refractivity contribution in [2.45, 2.75) is 37.7 Å². The third kappa shape index (κ3) is 2.97. The molecule has 5 nitrogen and oxygen atoms in total. The molecule has 5 N–H and O–H groups in total. The van der Waals surface area contributed by atoms with Crippen LogP contribution in [-0.2, 0) is 6.42 Å². The number of aliphatic hydroxyl groups is 1. The molecule has 1 aromatic carbocycles. The lowest BCUT2D eigenvalue weighted by Gasteiger charge is -2.13. The summed E-state index contributed by atoms with van der Waals surface area (Å²) in [7, 11) is 0. The van der Waals surface area contributed by atoms with E-state index in [-0.39, 0.29) is 5.95 Å². The van der Waals surface area contributed by atoms with Crippen molar-refractivity contribution in [2.24, 2.45) is 0 Å². The number of allylic oxidation sites excluding steroid dienone is 1. The van der Waals surface area contributed by atoms with E-state index in [4.69, 9.17) is 11.5 Å². The standard InChI is InChI=1S/C20H20N4O/c21-17-12-23-19(22)24-18(17)15-6-5-14-4-3-13(11-16(14)15)7-10-20(25)8-1-2-9-20/h3-4,6,11-12,25H,1-2,5,8-9,21H2,(H2,22,23,24). The summed E-state index contributed by atoms with van der Waals surface area (Å²) in [6.45, 7) is 0. The first kappa shape index (κ1) is 15.7. The Morgan fingerprint density at radius 2 is 1.96 bits per heavy atom. The lowest BCUT2D eigenvalue weighted by atomic mass is 9.98. The molecule has 5 heteroatoms. The number of rotatable bonds is 1. The Hall–Kier alpha value is -2.84. The van der Waals surface area contributed by atoms with Gasteiger partial charge in [0.1, 0.15) is 5.60 Å². The van der Waals surface area contributed by atoms with E-state index in [1.807, 2.05) is 12.1 Å². The summed E-state index contributed by atoms with van der Waals surface area (Å²) in [5.41, 5.74) is 16.2. The van der Waals surface area contributed by atoms with Crippen molar-refractivity contribution in [3.05, 3.63) is 52.9 Å². The van der Waals surface area contributed by atoms with E-state index in [1.165, 1.54) is 11.8 Å². The van der Waals surface area contributed by atoms with E-state index >= 15 is 0 Å². The van der Waals surface area contributed by atoms with Gasteiger partial charge in [-0.1, -0.05) is 24.0 Å². The smallest absolute Gasteiger partial charge is 0.220 e. The molecule has 0 atom stereocenters. The summed E-state index contributed by atoms with van der Waals surface area (Å²) in [4.78, 5) is 8.23. The minimum absolute atomic E-state index is 0.206. The average molecular weight is 332 g/mol. The van der Waals surface area contributed by atoms with Crippen LogP contribution >= 0.6 is 0 Å². The monoisotopic (exact) mass is 332 g/mol. The highest BCUT2D eigenvalue weighted by atomic mass is 16.3. The molecule has 25 heavy (non-hydrogen) atoms. The maximum Gasteiger partial charge on any atom is 0.220 e. The number of hydrogen-bond acceptors (Lipinski definition) is 5. The largest absolute Gasteiger partial charge is 0.396 e. The van der Waals surface area contributed by atoms with Gasteiger partial charge < -0.3 is 16.6 Å². The van der Waals surface area contributed by atoms with Gasteiger partial charge in [0.2, 0.25) is 5.95 Å². The fraction of sp³-hybridized carbons (Fsp3) is 0.300. The molecular formula is C20H20N4O. The zero-order valence-corrected chi connectivity index (χ0v) is 13.9. The van der Waals surface area contributed by atoms with Crippen molar-refractivity contribution in [1.82, 2.24) is 9.97 Å². The van der Waals surface area contributed by atoms with Crippen molar-refractivity contribution in [3.63, 3.8) is 0 Å². The summed E-state index contributed by atoms with van der Waals surface area (Å²) < 4.78 is 0. The molecule has 0 saturated heterocycles. The van der Waals surface area contributed by atoms with Crippen molar-refractivity contribution in [3.8, 4) is 11.8 Å². The van der Waals surface area contributed by atoms with Crippen LogP contribution in [0, 0.1) is 11.8 Å². The quantitative estimate of drug-likeness (QED) is 0.696. The number of benzene rings is 1. The van der Waals surface area contributed by atoms with Crippen molar-refractivity contribution in [1.29, 1.82) is 0 Å². The second kappa shape index (κ2) is 5.91. The van der Waals surface area contributed by atoms with Gasteiger partial charge in [-0.2, -0.15) is 0 Å². The van der Waals surface area contributed by atoms with Crippen molar-refractivity contribution >= 4 is 17.2 Å². The van der Waals surface area contributed by atoms with Gasteiger partial charge in [-0.3, -0.25) is 0 Å². The molecule has 0 aliphatic heterocycles. The molecule has 2 aromatic rings. The highest BCUT2D eigenvalue weighted by Gasteiger charge is 2.28. The molecule has 4 rings (SSSR count). The number of nitrogens with two attached hydrogens (primary N) is 2. The van der Waals surface area contributed by atoms with E-state index in [2.05, 4.69) is 34.0 Å². The first-order chi connectivity index (χ1) is 12.0. The topological polar surface area (TPSA) is 98.0 Å². The number of fused-ring (bicyclic) bond motifs is 1. The van der Waals surface area contributed by atoms with Crippen LogP contribution < -0.4 is 11.5 Å². The third-order valence-corrected chi connectivity index (χ3v) is 4.89. The summed E-state index contributed by atoms with van der Waals surface area (Å²) in [6.07, 6.45) is 8.05. The van der Waals surface area contributed by atoms with E-state index < -0.39 is 5.60 Å². The fourth-order valence-electron chi connectivity index (χ4n) is 3.52. The Kier molecular flexibility index (Phi) is 3.70. The third-order valence-electron chi connectivity index (χ3n) is 4.89. The van der Waals surface area contributed by atoms with Gasteiger partial charge in [-0.15, -0.1) is 0 Å². The maximum absolute atomic E-state index is 10.4. The molecule has 0 unspecified atom stereocenters. The first-order valence-electron chi connectivity index (χ1n) is 8.51. The molecule has 2 aliphatic carbocycles. The summed E-state index contributed by atoms with van der Waals surface area (Å²) >= 11 is 0. The average Bonchev–Trinajstić information content (AvgIpc) is 3.22. The van der Waals surface area contributed by atoms with Gasteiger partial charge in [0.05, 0.1) is 17.6 Å². The van der Waals surface area contributed by atoms with Gasteiger partial charge in [0, 0.05) is 11.1 Å². The highest BCUT2D eigenvalue weighted by Crippen LogP contribution is 2.35. The van der Waals surface area contributed by atoms with Gasteiger partial charge in [0.15, 0.2) is 0 Å². The predicted octanol–water partition coefficient (Wildman–Crippen LogP) is 2.29. The number of aromatic nitrogens is 2. The second-order valence-corrected chi connectivity index (χ2v) is 6.71. The zero-order valence-electron chi connectivity index (χ0n) is 13.9. The number of hydrogen-bond donors (Lipinski definition) is 3. The van der Waals surface area contributed by atoms with Gasteiger partial charge in [-0.05, 0) is 55.4 Å². The number of nitrogen functional groups attached to an aromatic ring is 2. The van der Waals surface area contributed by atoms with E-state index in [9.17, 15) is 5.11 Å². The second-order valence-electron chi connectivity index (χ2n) is 6.71. The molecule has 0 radical (unpaired) electrons. The molecule has 2 aliphatic rings. The van der Waals surface area contributed by atoms with Crippen LogP contribution in [0.5, 0.6) is 0 Å². The minimum Gasteiger partial charge on any atom is -0.396 e. The Morgan fingerprint density at radius 1 is 1.16 bits per heavy atom. The van der Waals surface area contributed by atoms with Crippen LogP contribution in [-0.4, -0.2) is 20.7 Å². The number of nitrogens with zero attached hydrogens (tertiary/aromatic N) is 2. The Bertz CT molecular complexity index is 930. The Balaban J connectivity index is 1.70. The molecule has 1 aromatic heterocycles. The van der Waals surface area contributed by atoms with Crippen LogP contribution in [0.25, 0.3) is 5.57 Å². The lowest BCUT2D eigenvalue weighted by molar-refractivity contribution is 0.110.